The smallest absolute Gasteiger partial charge is 0.194 e. The molecule has 1 saturated heterocycles. The summed E-state index contributed by atoms with van der Waals surface area (Å²) in [6.45, 7) is 10.9. The van der Waals surface area contributed by atoms with Gasteiger partial charge in [-0.3, -0.25) is 4.99 Å². The Hall–Kier alpha value is -1.71. The second kappa shape index (κ2) is 5.58. The third kappa shape index (κ3) is 2.85. The zero-order valence-electron chi connectivity index (χ0n) is 14.0. The quantitative estimate of drug-likeness (QED) is 0.686. The average molecular weight is 289 g/mol. The minimum absolute atomic E-state index is 0.114. The minimum Gasteiger partial charge on any atom is -0.497 e. The van der Waals surface area contributed by atoms with Crippen molar-refractivity contribution in [3.63, 3.8) is 0 Å². The predicted molar refractivity (Wildman–Crippen MR) is 87.8 cm³/mol. The summed E-state index contributed by atoms with van der Waals surface area (Å²) in [5.74, 6) is 1.84. The number of likely N-dealkylation sites (tertiary alicyclic amines) is 1. The molecule has 1 aromatic rings. The molecule has 1 heterocycles. The highest BCUT2D eigenvalue weighted by Gasteiger charge is 2.53. The zero-order valence-corrected chi connectivity index (χ0v) is 14.0. The normalized spacial score (nSPS) is 19.9. The van der Waals surface area contributed by atoms with Crippen LogP contribution in [0, 0.1) is 5.41 Å². The molecule has 0 amide bonds. The molecule has 4 heteroatoms. The molecule has 0 saturated carbocycles. The summed E-state index contributed by atoms with van der Waals surface area (Å²) in [4.78, 5) is 6.77. The Balaban J connectivity index is 2.01. The highest BCUT2D eigenvalue weighted by molar-refractivity contribution is 5.82. The van der Waals surface area contributed by atoms with Gasteiger partial charge in [0.05, 0.1) is 7.11 Å². The molecule has 1 fully saturated rings. The van der Waals surface area contributed by atoms with Crippen molar-refractivity contribution in [3.05, 3.63) is 29.8 Å². The molecule has 1 aliphatic rings. The summed E-state index contributed by atoms with van der Waals surface area (Å²) < 4.78 is 5.26. The van der Waals surface area contributed by atoms with Gasteiger partial charge in [-0.05, 0) is 31.5 Å². The number of hydrogen-bond donors (Lipinski definition) is 1. The highest BCUT2D eigenvalue weighted by Crippen LogP contribution is 2.46. The molecule has 0 bridgehead atoms. The fourth-order valence-corrected chi connectivity index (χ4v) is 2.66. The second-order valence-electron chi connectivity index (χ2n) is 6.78. The van der Waals surface area contributed by atoms with Crippen LogP contribution in [-0.4, -0.2) is 37.1 Å². The first kappa shape index (κ1) is 15.7. The van der Waals surface area contributed by atoms with E-state index < -0.39 is 0 Å². The van der Waals surface area contributed by atoms with Crippen LogP contribution in [0.5, 0.6) is 5.75 Å². The second-order valence-corrected chi connectivity index (χ2v) is 6.78. The van der Waals surface area contributed by atoms with Crippen LogP contribution in [0.2, 0.25) is 0 Å². The number of methoxy groups -OCH3 is 1. The molecule has 0 atom stereocenters. The van der Waals surface area contributed by atoms with Gasteiger partial charge in [0.25, 0.3) is 0 Å². The summed E-state index contributed by atoms with van der Waals surface area (Å²) in [6.07, 6.45) is 0. The minimum atomic E-state index is 0.114. The van der Waals surface area contributed by atoms with E-state index in [4.69, 9.17) is 4.74 Å². The summed E-state index contributed by atoms with van der Waals surface area (Å²) >= 11 is 0. The van der Waals surface area contributed by atoms with Crippen LogP contribution in [0.1, 0.15) is 33.3 Å². The van der Waals surface area contributed by atoms with Crippen molar-refractivity contribution in [2.45, 2.75) is 39.8 Å². The molecule has 0 unspecified atom stereocenters. The Morgan fingerprint density at radius 1 is 1.33 bits per heavy atom. The van der Waals surface area contributed by atoms with Gasteiger partial charge in [-0.1, -0.05) is 26.0 Å². The van der Waals surface area contributed by atoms with Crippen molar-refractivity contribution in [2.24, 2.45) is 10.4 Å². The van der Waals surface area contributed by atoms with Crippen molar-refractivity contribution in [1.29, 1.82) is 0 Å². The van der Waals surface area contributed by atoms with Gasteiger partial charge in [-0.15, -0.1) is 0 Å². The van der Waals surface area contributed by atoms with Crippen LogP contribution in [0.15, 0.2) is 29.3 Å². The van der Waals surface area contributed by atoms with E-state index in [2.05, 4.69) is 49.0 Å². The number of nitrogens with zero attached hydrogens (tertiary/aromatic N) is 2. The van der Waals surface area contributed by atoms with Crippen LogP contribution in [-0.2, 0) is 6.54 Å². The molecule has 116 valence electrons. The fraction of sp³-hybridized carbons (Fsp3) is 0.588. The van der Waals surface area contributed by atoms with E-state index in [0.29, 0.717) is 5.41 Å². The van der Waals surface area contributed by atoms with Gasteiger partial charge in [0.2, 0.25) is 0 Å². The van der Waals surface area contributed by atoms with Crippen LogP contribution < -0.4 is 10.1 Å². The Morgan fingerprint density at radius 2 is 2.05 bits per heavy atom. The molecule has 0 aliphatic carbocycles. The van der Waals surface area contributed by atoms with Gasteiger partial charge in [0.15, 0.2) is 5.96 Å². The van der Waals surface area contributed by atoms with Crippen LogP contribution in [0.25, 0.3) is 0 Å². The van der Waals surface area contributed by atoms with Crippen LogP contribution >= 0.6 is 0 Å². The summed E-state index contributed by atoms with van der Waals surface area (Å²) in [5.41, 5.74) is 1.61. The van der Waals surface area contributed by atoms with Gasteiger partial charge >= 0.3 is 0 Å². The number of aliphatic imine (C=N–C) groups is 1. The van der Waals surface area contributed by atoms with E-state index in [0.717, 1.165) is 24.8 Å². The summed E-state index contributed by atoms with van der Waals surface area (Å²) in [5, 5.41) is 3.45. The molecule has 0 radical (unpaired) electrons. The van der Waals surface area contributed by atoms with Crippen molar-refractivity contribution in [2.75, 3.05) is 20.7 Å². The molecule has 1 aromatic carbocycles. The van der Waals surface area contributed by atoms with Gasteiger partial charge in [0, 0.05) is 31.1 Å². The van der Waals surface area contributed by atoms with Crippen LogP contribution in [0.3, 0.4) is 0 Å². The summed E-state index contributed by atoms with van der Waals surface area (Å²) in [7, 11) is 3.53. The summed E-state index contributed by atoms with van der Waals surface area (Å²) in [6, 6.07) is 8.11. The first-order valence-electron chi connectivity index (χ1n) is 7.43. The first-order valence-corrected chi connectivity index (χ1v) is 7.43. The van der Waals surface area contributed by atoms with Crippen LogP contribution in [0.4, 0.5) is 0 Å². The van der Waals surface area contributed by atoms with E-state index in [9.17, 15) is 0 Å². The number of nitrogens with one attached hydrogen (secondary N) is 1. The molecule has 0 aromatic heterocycles. The lowest BCUT2D eigenvalue weighted by atomic mass is 9.65. The number of ether oxygens (including phenoxy) is 1. The number of hydrogen-bond acceptors (Lipinski definition) is 2. The number of rotatable bonds is 3. The molecular weight excluding hydrogens is 262 g/mol. The lowest BCUT2D eigenvalue weighted by Gasteiger charge is -2.62. The van der Waals surface area contributed by atoms with Crippen molar-refractivity contribution < 1.29 is 4.74 Å². The van der Waals surface area contributed by atoms with E-state index in [1.54, 1.807) is 7.11 Å². The third-order valence-electron chi connectivity index (χ3n) is 4.94. The van der Waals surface area contributed by atoms with Crippen molar-refractivity contribution >= 4 is 5.96 Å². The first-order chi connectivity index (χ1) is 9.81. The Morgan fingerprint density at radius 3 is 2.57 bits per heavy atom. The highest BCUT2D eigenvalue weighted by atomic mass is 16.5. The molecule has 4 nitrogen and oxygen atoms in total. The monoisotopic (exact) mass is 289 g/mol. The zero-order chi connectivity index (χ0) is 15.7. The maximum absolute atomic E-state index is 5.26. The van der Waals surface area contributed by atoms with Gasteiger partial charge in [0.1, 0.15) is 5.75 Å². The molecule has 1 N–H and O–H groups in total. The van der Waals surface area contributed by atoms with Gasteiger partial charge in [-0.25, -0.2) is 0 Å². The van der Waals surface area contributed by atoms with Crippen molar-refractivity contribution in [1.82, 2.24) is 10.2 Å². The SMILES string of the molecule is CN=C(NCc1cccc(OC)c1)N1CC(C)(C)C1(C)C. The van der Waals surface area contributed by atoms with E-state index in [-0.39, 0.29) is 5.54 Å². The third-order valence-corrected chi connectivity index (χ3v) is 4.94. The average Bonchev–Trinajstić information content (AvgIpc) is 2.47. The fourth-order valence-electron chi connectivity index (χ4n) is 2.66. The topological polar surface area (TPSA) is 36.9 Å². The lowest BCUT2D eigenvalue weighted by molar-refractivity contribution is -0.0667. The van der Waals surface area contributed by atoms with Gasteiger partial charge < -0.3 is 15.0 Å². The Bertz CT molecular complexity index is 535. The van der Waals surface area contributed by atoms with E-state index >= 15 is 0 Å². The maximum atomic E-state index is 5.26. The van der Waals surface area contributed by atoms with E-state index in [1.807, 2.05) is 25.2 Å². The molecule has 1 aliphatic heterocycles. The standard InChI is InChI=1S/C17H27N3O/c1-16(2)12-20(17(16,3)4)15(18-5)19-11-13-8-7-9-14(10-13)21-6/h7-10H,11-12H2,1-6H3,(H,18,19). The predicted octanol–water partition coefficient (Wildman–Crippen LogP) is 2.89. The lowest BCUT2D eigenvalue weighted by Crippen LogP contribution is -2.72. The number of guanidine groups is 1. The Kier molecular flexibility index (Phi) is 4.17. The molecule has 2 rings (SSSR count). The van der Waals surface area contributed by atoms with E-state index in [1.165, 1.54) is 5.56 Å². The molecule has 0 spiro atoms. The Labute approximate surface area is 128 Å². The number of benzene rings is 1. The van der Waals surface area contributed by atoms with Gasteiger partial charge in [-0.2, -0.15) is 0 Å². The largest absolute Gasteiger partial charge is 0.497 e. The molecular formula is C17H27N3O. The molecule has 21 heavy (non-hydrogen) atoms. The maximum Gasteiger partial charge on any atom is 0.194 e. The van der Waals surface area contributed by atoms with Crippen molar-refractivity contribution in [3.8, 4) is 5.75 Å².